The van der Waals surface area contributed by atoms with Gasteiger partial charge in [-0.05, 0) is 29.8 Å². The lowest BCUT2D eigenvalue weighted by molar-refractivity contribution is -0.167. The standard InChI is InChI=1S/C18H14F3N3O3S/c1-28(26,27)14-8-4-12(5-9-14)16-15(10-22-24-16)11-2-6-13(7-3-11)23-17(25)18(19,20)21/h2-10H,1H3,(H,22,24)(H,23,25). The molecule has 0 aliphatic rings. The van der Waals surface area contributed by atoms with Crippen LogP contribution in [0.15, 0.2) is 59.6 Å². The Morgan fingerprint density at radius 3 is 2.11 bits per heavy atom. The van der Waals surface area contributed by atoms with Gasteiger partial charge in [0.15, 0.2) is 9.84 Å². The Balaban J connectivity index is 1.87. The van der Waals surface area contributed by atoms with Crippen LogP contribution in [-0.2, 0) is 14.6 Å². The normalized spacial score (nSPS) is 12.0. The number of benzene rings is 2. The number of sulfone groups is 1. The number of nitrogens with one attached hydrogen (secondary N) is 2. The number of rotatable bonds is 4. The van der Waals surface area contributed by atoms with Crippen molar-refractivity contribution in [3.8, 4) is 22.4 Å². The van der Waals surface area contributed by atoms with Crippen molar-refractivity contribution in [2.75, 3.05) is 11.6 Å². The number of carbonyl (C=O) groups is 1. The highest BCUT2D eigenvalue weighted by molar-refractivity contribution is 7.90. The van der Waals surface area contributed by atoms with Crippen molar-refractivity contribution in [3.63, 3.8) is 0 Å². The van der Waals surface area contributed by atoms with Crippen molar-refractivity contribution in [1.82, 2.24) is 10.2 Å². The number of H-pyrrole nitrogens is 1. The molecule has 0 atom stereocenters. The highest BCUT2D eigenvalue weighted by Gasteiger charge is 2.38. The van der Waals surface area contributed by atoms with E-state index in [4.69, 9.17) is 0 Å². The minimum Gasteiger partial charge on any atom is -0.318 e. The van der Waals surface area contributed by atoms with Gasteiger partial charge in [0, 0.05) is 23.1 Å². The lowest BCUT2D eigenvalue weighted by Crippen LogP contribution is -2.29. The van der Waals surface area contributed by atoms with Gasteiger partial charge in [-0.3, -0.25) is 9.89 Å². The second kappa shape index (κ2) is 7.12. The van der Waals surface area contributed by atoms with Crippen LogP contribution in [0.1, 0.15) is 0 Å². The molecule has 10 heteroatoms. The molecule has 0 saturated heterocycles. The van der Waals surface area contributed by atoms with Crippen LogP contribution in [0.25, 0.3) is 22.4 Å². The zero-order valence-corrected chi connectivity index (χ0v) is 15.2. The zero-order chi connectivity index (χ0) is 20.5. The number of carbonyl (C=O) groups excluding carboxylic acids is 1. The number of alkyl halides is 3. The first-order chi connectivity index (χ1) is 13.1. The van der Waals surface area contributed by atoms with Crippen molar-refractivity contribution >= 4 is 21.4 Å². The van der Waals surface area contributed by atoms with Gasteiger partial charge in [0.2, 0.25) is 0 Å². The van der Waals surface area contributed by atoms with Crippen LogP contribution in [0.2, 0.25) is 0 Å². The minimum absolute atomic E-state index is 0.00799. The van der Waals surface area contributed by atoms with Crippen LogP contribution in [0, 0.1) is 0 Å². The third-order valence-electron chi connectivity index (χ3n) is 3.92. The molecule has 0 unspecified atom stereocenters. The maximum Gasteiger partial charge on any atom is 0.471 e. The van der Waals surface area contributed by atoms with Gasteiger partial charge in [-0.15, -0.1) is 0 Å². The van der Waals surface area contributed by atoms with Crippen molar-refractivity contribution < 1.29 is 26.4 Å². The fourth-order valence-corrected chi connectivity index (χ4v) is 3.16. The monoisotopic (exact) mass is 409 g/mol. The molecule has 28 heavy (non-hydrogen) atoms. The lowest BCUT2D eigenvalue weighted by atomic mass is 10.0. The Bertz CT molecular complexity index is 1100. The molecule has 3 aromatic rings. The maximum absolute atomic E-state index is 12.3. The first-order valence-electron chi connectivity index (χ1n) is 7.88. The summed E-state index contributed by atoms with van der Waals surface area (Å²) >= 11 is 0. The third-order valence-corrected chi connectivity index (χ3v) is 5.05. The summed E-state index contributed by atoms with van der Waals surface area (Å²) < 4.78 is 60.1. The molecule has 1 amide bonds. The SMILES string of the molecule is CS(=O)(=O)c1ccc(-c2[nH]ncc2-c2ccc(NC(=O)C(F)(F)F)cc2)cc1. The van der Waals surface area contributed by atoms with E-state index in [0.29, 0.717) is 22.4 Å². The predicted molar refractivity (Wildman–Crippen MR) is 97.3 cm³/mol. The van der Waals surface area contributed by atoms with E-state index in [-0.39, 0.29) is 10.6 Å². The summed E-state index contributed by atoms with van der Waals surface area (Å²) in [6.45, 7) is 0. The number of hydrogen-bond acceptors (Lipinski definition) is 4. The molecule has 0 aliphatic carbocycles. The average Bonchev–Trinajstić information content (AvgIpc) is 3.10. The molecular weight excluding hydrogens is 395 g/mol. The summed E-state index contributed by atoms with van der Waals surface area (Å²) in [6, 6.07) is 12.0. The van der Waals surface area contributed by atoms with Crippen molar-refractivity contribution in [2.45, 2.75) is 11.1 Å². The van der Waals surface area contributed by atoms with Gasteiger partial charge in [0.25, 0.3) is 0 Å². The first-order valence-corrected chi connectivity index (χ1v) is 9.77. The van der Waals surface area contributed by atoms with Gasteiger partial charge in [0.1, 0.15) is 0 Å². The van der Waals surface area contributed by atoms with Crippen molar-refractivity contribution in [3.05, 3.63) is 54.7 Å². The lowest BCUT2D eigenvalue weighted by Gasteiger charge is -2.09. The van der Waals surface area contributed by atoms with Crippen LogP contribution in [-0.4, -0.2) is 37.0 Å². The fourth-order valence-electron chi connectivity index (χ4n) is 2.53. The van der Waals surface area contributed by atoms with E-state index in [2.05, 4.69) is 10.2 Å². The highest BCUT2D eigenvalue weighted by Crippen LogP contribution is 2.31. The molecule has 1 heterocycles. The summed E-state index contributed by atoms with van der Waals surface area (Å²) in [6.07, 6.45) is -2.31. The van der Waals surface area contributed by atoms with Gasteiger partial charge in [-0.1, -0.05) is 24.3 Å². The van der Waals surface area contributed by atoms with E-state index in [0.717, 1.165) is 6.26 Å². The number of anilines is 1. The Kier molecular flexibility index (Phi) is 4.99. The summed E-state index contributed by atoms with van der Waals surface area (Å²) in [5.74, 6) is -2.05. The molecule has 1 aromatic heterocycles. The Morgan fingerprint density at radius 2 is 1.57 bits per heavy atom. The summed E-state index contributed by atoms with van der Waals surface area (Å²) in [4.78, 5) is 11.2. The van der Waals surface area contributed by atoms with E-state index >= 15 is 0 Å². The van der Waals surface area contributed by atoms with Crippen molar-refractivity contribution in [1.29, 1.82) is 0 Å². The van der Waals surface area contributed by atoms with E-state index in [1.54, 1.807) is 35.8 Å². The molecule has 3 rings (SSSR count). The van der Waals surface area contributed by atoms with Gasteiger partial charge >= 0.3 is 12.1 Å². The molecule has 0 aliphatic heterocycles. The highest BCUT2D eigenvalue weighted by atomic mass is 32.2. The molecule has 146 valence electrons. The zero-order valence-electron chi connectivity index (χ0n) is 14.4. The van der Waals surface area contributed by atoms with E-state index < -0.39 is 21.9 Å². The van der Waals surface area contributed by atoms with Crippen LogP contribution >= 0.6 is 0 Å². The smallest absolute Gasteiger partial charge is 0.318 e. The van der Waals surface area contributed by atoms with Crippen LogP contribution in [0.3, 0.4) is 0 Å². The molecule has 0 bridgehead atoms. The fraction of sp³-hybridized carbons (Fsp3) is 0.111. The molecule has 0 saturated carbocycles. The summed E-state index contributed by atoms with van der Waals surface area (Å²) in [5.41, 5.74) is 2.64. The van der Waals surface area contributed by atoms with E-state index in [1.165, 1.54) is 24.3 Å². The summed E-state index contributed by atoms with van der Waals surface area (Å²) in [7, 11) is -3.32. The average molecular weight is 409 g/mol. The number of aromatic amines is 1. The van der Waals surface area contributed by atoms with Crippen LogP contribution in [0.4, 0.5) is 18.9 Å². The molecule has 0 spiro atoms. The molecular formula is C18H14F3N3O3S. The second-order valence-electron chi connectivity index (χ2n) is 5.98. The molecule has 0 fully saturated rings. The van der Waals surface area contributed by atoms with E-state index in [1.807, 2.05) is 0 Å². The van der Waals surface area contributed by atoms with Gasteiger partial charge < -0.3 is 5.32 Å². The molecule has 2 aromatic carbocycles. The van der Waals surface area contributed by atoms with Crippen LogP contribution in [0.5, 0.6) is 0 Å². The molecule has 0 radical (unpaired) electrons. The molecule has 2 N–H and O–H groups in total. The first kappa shape index (κ1) is 19.6. The number of nitrogens with zero attached hydrogens (tertiary/aromatic N) is 1. The third kappa shape index (κ3) is 4.22. The Labute approximate surface area is 158 Å². The quantitative estimate of drug-likeness (QED) is 0.688. The van der Waals surface area contributed by atoms with Gasteiger partial charge in [-0.2, -0.15) is 18.3 Å². The Hall–Kier alpha value is -3.14. The second-order valence-corrected chi connectivity index (χ2v) is 8.00. The number of amides is 1. The largest absolute Gasteiger partial charge is 0.471 e. The number of aromatic nitrogens is 2. The minimum atomic E-state index is -4.96. The summed E-state index contributed by atoms with van der Waals surface area (Å²) in [5, 5.41) is 8.59. The number of hydrogen-bond donors (Lipinski definition) is 2. The maximum atomic E-state index is 12.3. The van der Waals surface area contributed by atoms with Crippen molar-refractivity contribution in [2.24, 2.45) is 0 Å². The Morgan fingerprint density at radius 1 is 1.00 bits per heavy atom. The predicted octanol–water partition coefficient (Wildman–Crippen LogP) is 3.65. The van der Waals surface area contributed by atoms with E-state index in [9.17, 15) is 26.4 Å². The van der Waals surface area contributed by atoms with Gasteiger partial charge in [-0.25, -0.2) is 8.42 Å². The van der Waals surface area contributed by atoms with Gasteiger partial charge in [0.05, 0.1) is 16.8 Å². The number of halogens is 3. The van der Waals surface area contributed by atoms with Crippen LogP contribution < -0.4 is 5.32 Å². The molecule has 6 nitrogen and oxygen atoms in total. The topological polar surface area (TPSA) is 91.9 Å².